The zero-order valence-corrected chi connectivity index (χ0v) is 13.3. The van der Waals surface area contributed by atoms with Gasteiger partial charge in [0.2, 0.25) is 11.8 Å². The van der Waals surface area contributed by atoms with E-state index in [4.69, 9.17) is 4.52 Å². The Balaban J connectivity index is 1.98. The molecule has 0 spiro atoms. The molecule has 1 aromatic carbocycles. The summed E-state index contributed by atoms with van der Waals surface area (Å²) in [5, 5.41) is 6.68. The summed E-state index contributed by atoms with van der Waals surface area (Å²) in [5.41, 5.74) is 1.66. The van der Waals surface area contributed by atoms with Crippen molar-refractivity contribution in [3.63, 3.8) is 0 Å². The molecule has 2 aromatic rings. The van der Waals surface area contributed by atoms with Gasteiger partial charge in [0.1, 0.15) is 0 Å². The molecule has 0 aliphatic rings. The largest absolute Gasteiger partial charge is 0.338 e. The number of benzene rings is 1. The van der Waals surface area contributed by atoms with Crippen LogP contribution in [0.25, 0.3) is 0 Å². The maximum absolute atomic E-state index is 11.9. The number of amides is 1. The molecule has 0 atom stereocenters. The van der Waals surface area contributed by atoms with E-state index in [1.165, 1.54) is 0 Å². The molecule has 1 heterocycles. The van der Waals surface area contributed by atoms with E-state index in [1.54, 1.807) is 6.07 Å². The van der Waals surface area contributed by atoms with Gasteiger partial charge in [0, 0.05) is 16.0 Å². The Bertz CT molecular complexity index is 597. The van der Waals surface area contributed by atoms with Crippen molar-refractivity contribution in [2.24, 2.45) is 0 Å². The Kier molecular flexibility index (Phi) is 4.28. The fraction of sp³-hybridized carbons (Fsp3) is 0.333. The number of halogens is 1. The summed E-state index contributed by atoms with van der Waals surface area (Å²) < 4.78 is 6.12. The first-order chi connectivity index (χ1) is 9.34. The van der Waals surface area contributed by atoms with Gasteiger partial charge < -0.3 is 4.52 Å². The highest BCUT2D eigenvalue weighted by Gasteiger charge is 2.19. The summed E-state index contributed by atoms with van der Waals surface area (Å²) in [6.07, 6.45) is 0.304. The van der Waals surface area contributed by atoms with Crippen LogP contribution in [0.1, 0.15) is 32.0 Å². The van der Waals surface area contributed by atoms with Gasteiger partial charge in [-0.15, -0.1) is 0 Å². The molecular formula is C15H17BrN2O2. The van der Waals surface area contributed by atoms with E-state index >= 15 is 0 Å². The normalized spacial score (nSPS) is 11.4. The molecule has 0 radical (unpaired) electrons. The molecule has 0 unspecified atom stereocenters. The van der Waals surface area contributed by atoms with Crippen LogP contribution in [-0.2, 0) is 16.6 Å². The van der Waals surface area contributed by atoms with Gasteiger partial charge in [-0.05, 0) is 17.7 Å². The standard InChI is InChI=1S/C15H17BrN2O2/c1-15(2,3)12-9-14(20-18-12)17-13(19)8-10-4-6-11(16)7-5-10/h4-7,9H,8H2,1-3H3,(H,17,19). The van der Waals surface area contributed by atoms with E-state index in [-0.39, 0.29) is 11.3 Å². The third kappa shape index (κ3) is 3.93. The molecule has 4 nitrogen and oxygen atoms in total. The Morgan fingerprint density at radius 3 is 2.50 bits per heavy atom. The number of carbonyl (C=O) groups is 1. The SMILES string of the molecule is CC(C)(C)c1cc(NC(=O)Cc2ccc(Br)cc2)on1. The van der Waals surface area contributed by atoms with Crippen LogP contribution >= 0.6 is 15.9 Å². The number of hydrogen-bond donors (Lipinski definition) is 1. The predicted octanol–water partition coefficient (Wildman–Crippen LogP) is 3.92. The summed E-state index contributed by atoms with van der Waals surface area (Å²) in [6.45, 7) is 6.12. The number of rotatable bonds is 3. The zero-order chi connectivity index (χ0) is 14.8. The van der Waals surface area contributed by atoms with Crippen molar-refractivity contribution in [1.82, 2.24) is 5.16 Å². The minimum Gasteiger partial charge on any atom is -0.338 e. The first-order valence-electron chi connectivity index (χ1n) is 6.36. The second-order valence-electron chi connectivity index (χ2n) is 5.68. The zero-order valence-electron chi connectivity index (χ0n) is 11.7. The predicted molar refractivity (Wildman–Crippen MR) is 81.7 cm³/mol. The van der Waals surface area contributed by atoms with Crippen molar-refractivity contribution < 1.29 is 9.32 Å². The topological polar surface area (TPSA) is 55.1 Å². The molecule has 20 heavy (non-hydrogen) atoms. The lowest BCUT2D eigenvalue weighted by Gasteiger charge is -2.12. The van der Waals surface area contributed by atoms with E-state index < -0.39 is 0 Å². The van der Waals surface area contributed by atoms with Crippen LogP contribution < -0.4 is 5.32 Å². The first-order valence-corrected chi connectivity index (χ1v) is 7.15. The minimum absolute atomic E-state index is 0.0990. The summed E-state index contributed by atoms with van der Waals surface area (Å²) >= 11 is 3.36. The molecule has 106 valence electrons. The van der Waals surface area contributed by atoms with Crippen molar-refractivity contribution in [3.05, 3.63) is 46.1 Å². The molecule has 0 aliphatic heterocycles. The molecule has 5 heteroatoms. The van der Waals surface area contributed by atoms with E-state index in [9.17, 15) is 4.79 Å². The number of nitrogens with zero attached hydrogens (tertiary/aromatic N) is 1. The smallest absolute Gasteiger partial charge is 0.231 e. The highest BCUT2D eigenvalue weighted by molar-refractivity contribution is 9.10. The first kappa shape index (κ1) is 14.8. The maximum Gasteiger partial charge on any atom is 0.231 e. The second-order valence-corrected chi connectivity index (χ2v) is 6.59. The molecule has 1 amide bonds. The molecule has 2 rings (SSSR count). The van der Waals surface area contributed by atoms with Crippen LogP contribution in [0.5, 0.6) is 0 Å². The Hall–Kier alpha value is -1.62. The van der Waals surface area contributed by atoms with Gasteiger partial charge in [0.25, 0.3) is 0 Å². The molecule has 1 aromatic heterocycles. The molecule has 0 fully saturated rings. The summed E-state index contributed by atoms with van der Waals surface area (Å²) in [7, 11) is 0. The van der Waals surface area contributed by atoms with E-state index in [0.29, 0.717) is 12.3 Å². The summed E-state index contributed by atoms with van der Waals surface area (Å²) in [4.78, 5) is 11.9. The second kappa shape index (κ2) is 5.79. The van der Waals surface area contributed by atoms with Crippen molar-refractivity contribution in [1.29, 1.82) is 0 Å². The fourth-order valence-electron chi connectivity index (χ4n) is 1.66. The van der Waals surface area contributed by atoms with Gasteiger partial charge in [-0.3, -0.25) is 10.1 Å². The van der Waals surface area contributed by atoms with E-state index in [0.717, 1.165) is 15.7 Å². The Morgan fingerprint density at radius 1 is 1.30 bits per heavy atom. The average Bonchev–Trinajstić information content (AvgIpc) is 2.80. The number of carbonyl (C=O) groups excluding carboxylic acids is 1. The molecular weight excluding hydrogens is 320 g/mol. The number of nitrogens with one attached hydrogen (secondary N) is 1. The van der Waals surface area contributed by atoms with Gasteiger partial charge in [0.15, 0.2) is 0 Å². The quantitative estimate of drug-likeness (QED) is 0.924. The van der Waals surface area contributed by atoms with Crippen LogP contribution in [0.3, 0.4) is 0 Å². The van der Waals surface area contributed by atoms with Crippen LogP contribution in [0.2, 0.25) is 0 Å². The van der Waals surface area contributed by atoms with E-state index in [1.807, 2.05) is 45.0 Å². The summed E-state index contributed by atoms with van der Waals surface area (Å²) in [6, 6.07) is 9.40. The fourth-order valence-corrected chi connectivity index (χ4v) is 1.92. The lowest BCUT2D eigenvalue weighted by Crippen LogP contribution is -2.14. The van der Waals surface area contributed by atoms with Gasteiger partial charge in [-0.2, -0.15) is 0 Å². The van der Waals surface area contributed by atoms with Crippen LogP contribution in [0.15, 0.2) is 39.3 Å². The Labute approximate surface area is 126 Å². The molecule has 0 saturated heterocycles. The van der Waals surface area contributed by atoms with Crippen molar-refractivity contribution in [2.45, 2.75) is 32.6 Å². The summed E-state index contributed by atoms with van der Waals surface area (Å²) in [5.74, 6) is 0.265. The number of anilines is 1. The third-order valence-corrected chi connectivity index (χ3v) is 3.35. The van der Waals surface area contributed by atoms with Crippen LogP contribution in [-0.4, -0.2) is 11.1 Å². The minimum atomic E-state index is -0.121. The molecule has 0 bridgehead atoms. The number of aromatic nitrogens is 1. The van der Waals surface area contributed by atoms with Crippen LogP contribution in [0.4, 0.5) is 5.88 Å². The lowest BCUT2D eigenvalue weighted by molar-refractivity contribution is -0.115. The maximum atomic E-state index is 11.9. The van der Waals surface area contributed by atoms with Crippen molar-refractivity contribution >= 4 is 27.7 Å². The average molecular weight is 337 g/mol. The van der Waals surface area contributed by atoms with Gasteiger partial charge in [-0.25, -0.2) is 0 Å². The monoisotopic (exact) mass is 336 g/mol. The lowest BCUT2D eigenvalue weighted by atomic mass is 9.92. The van der Waals surface area contributed by atoms with Gasteiger partial charge in [0.05, 0.1) is 12.1 Å². The molecule has 0 aliphatic carbocycles. The van der Waals surface area contributed by atoms with Crippen LogP contribution in [0, 0.1) is 0 Å². The Morgan fingerprint density at radius 2 is 1.95 bits per heavy atom. The van der Waals surface area contributed by atoms with Gasteiger partial charge >= 0.3 is 0 Å². The van der Waals surface area contributed by atoms with Crippen molar-refractivity contribution in [3.8, 4) is 0 Å². The highest BCUT2D eigenvalue weighted by Crippen LogP contribution is 2.23. The number of hydrogen-bond acceptors (Lipinski definition) is 3. The highest BCUT2D eigenvalue weighted by atomic mass is 79.9. The van der Waals surface area contributed by atoms with E-state index in [2.05, 4.69) is 26.4 Å². The third-order valence-electron chi connectivity index (χ3n) is 2.82. The molecule has 1 N–H and O–H groups in total. The van der Waals surface area contributed by atoms with Crippen molar-refractivity contribution in [2.75, 3.05) is 5.32 Å². The molecule has 0 saturated carbocycles. The van der Waals surface area contributed by atoms with Gasteiger partial charge in [-0.1, -0.05) is 54.0 Å².